The van der Waals surface area contributed by atoms with Gasteiger partial charge in [-0.15, -0.1) is 0 Å². The number of hydrogen-bond acceptors (Lipinski definition) is 3. The Kier molecular flexibility index (Phi) is 4.16. The normalized spacial score (nSPS) is 33.9. The molecular formula is C13H22N2S. The summed E-state index contributed by atoms with van der Waals surface area (Å²) in [6.07, 6.45) is 8.49. The van der Waals surface area contributed by atoms with Gasteiger partial charge in [-0.25, -0.2) is 0 Å². The molecule has 2 nitrogen and oxygen atoms in total. The molecule has 0 saturated heterocycles. The second-order valence-corrected chi connectivity index (χ2v) is 6.61. The van der Waals surface area contributed by atoms with E-state index in [1.807, 2.05) is 0 Å². The smallest absolute Gasteiger partial charge is 0.108 e. The van der Waals surface area contributed by atoms with Crippen LogP contribution in [0.4, 0.5) is 0 Å². The van der Waals surface area contributed by atoms with Gasteiger partial charge in [0.05, 0.1) is 6.07 Å². The molecule has 0 aromatic heterocycles. The first-order chi connectivity index (χ1) is 7.78. The van der Waals surface area contributed by atoms with Crippen molar-refractivity contribution in [3.8, 4) is 6.07 Å². The molecule has 0 aromatic carbocycles. The largest absolute Gasteiger partial charge is 0.297 e. The van der Waals surface area contributed by atoms with Crippen molar-refractivity contribution in [3.05, 3.63) is 0 Å². The first-order valence-corrected chi connectivity index (χ1v) is 7.63. The zero-order valence-corrected chi connectivity index (χ0v) is 11.0. The molecule has 2 aliphatic carbocycles. The van der Waals surface area contributed by atoms with E-state index in [0.29, 0.717) is 6.04 Å². The third-order valence-corrected chi connectivity index (χ3v) is 4.99. The van der Waals surface area contributed by atoms with E-state index < -0.39 is 0 Å². The van der Waals surface area contributed by atoms with Crippen molar-refractivity contribution in [1.29, 1.82) is 5.26 Å². The van der Waals surface area contributed by atoms with Crippen molar-refractivity contribution >= 4 is 11.8 Å². The molecule has 0 heterocycles. The van der Waals surface area contributed by atoms with Gasteiger partial charge in [0, 0.05) is 11.3 Å². The van der Waals surface area contributed by atoms with E-state index in [1.54, 1.807) is 0 Å². The number of nitriles is 1. The molecule has 2 aliphatic rings. The Bertz CT molecular complexity index is 270. The average molecular weight is 238 g/mol. The topological polar surface area (TPSA) is 35.8 Å². The van der Waals surface area contributed by atoms with Crippen molar-refractivity contribution in [2.45, 2.75) is 68.7 Å². The fourth-order valence-corrected chi connectivity index (χ4v) is 3.90. The van der Waals surface area contributed by atoms with Crippen molar-refractivity contribution in [1.82, 2.24) is 5.32 Å². The Morgan fingerprint density at radius 1 is 1.44 bits per heavy atom. The summed E-state index contributed by atoms with van der Waals surface area (Å²) in [4.78, 5) is 0. The molecule has 0 radical (unpaired) electrons. The predicted octanol–water partition coefficient (Wildman–Crippen LogP) is 3.09. The highest BCUT2D eigenvalue weighted by molar-refractivity contribution is 7.99. The van der Waals surface area contributed by atoms with Crippen LogP contribution in [0.2, 0.25) is 0 Å². The number of hydrogen-bond donors (Lipinski definition) is 1. The fourth-order valence-electron chi connectivity index (χ4n) is 2.42. The minimum Gasteiger partial charge on any atom is -0.297 e. The van der Waals surface area contributed by atoms with Gasteiger partial charge in [0.2, 0.25) is 0 Å². The lowest BCUT2D eigenvalue weighted by Gasteiger charge is -2.22. The molecular weight excluding hydrogens is 216 g/mol. The summed E-state index contributed by atoms with van der Waals surface area (Å²) in [7, 11) is 0. The van der Waals surface area contributed by atoms with Gasteiger partial charge in [-0.05, 0) is 44.3 Å². The van der Waals surface area contributed by atoms with Crippen molar-refractivity contribution in [2.24, 2.45) is 0 Å². The molecule has 16 heavy (non-hydrogen) atoms. The van der Waals surface area contributed by atoms with Crippen LogP contribution in [0.1, 0.15) is 51.9 Å². The molecule has 0 aliphatic heterocycles. The molecule has 2 rings (SSSR count). The summed E-state index contributed by atoms with van der Waals surface area (Å²) < 4.78 is 0. The van der Waals surface area contributed by atoms with Crippen molar-refractivity contribution < 1.29 is 0 Å². The van der Waals surface area contributed by atoms with Crippen LogP contribution >= 0.6 is 11.8 Å². The molecule has 0 amide bonds. The fraction of sp³-hybridized carbons (Fsp3) is 0.923. The minimum absolute atomic E-state index is 0.176. The van der Waals surface area contributed by atoms with Crippen molar-refractivity contribution in [3.63, 3.8) is 0 Å². The molecule has 0 spiro atoms. The van der Waals surface area contributed by atoms with Crippen molar-refractivity contribution in [2.75, 3.05) is 5.75 Å². The molecule has 2 saturated carbocycles. The van der Waals surface area contributed by atoms with Crippen LogP contribution in [0.5, 0.6) is 0 Å². The lowest BCUT2D eigenvalue weighted by atomic mass is 10.00. The number of nitrogens with zero attached hydrogens (tertiary/aromatic N) is 1. The lowest BCUT2D eigenvalue weighted by Crippen LogP contribution is -2.43. The van der Waals surface area contributed by atoms with Crippen LogP contribution < -0.4 is 5.32 Å². The van der Waals surface area contributed by atoms with Gasteiger partial charge in [0.1, 0.15) is 5.54 Å². The standard InChI is InChI=1S/C13H22N2S/c1-2-3-8-16-12-6-7-13(9-12,10-14)15-11-4-5-11/h11-12,15H,2-9H2,1H3. The monoisotopic (exact) mass is 238 g/mol. The van der Waals surface area contributed by atoms with E-state index in [1.165, 1.54) is 37.9 Å². The lowest BCUT2D eigenvalue weighted by molar-refractivity contribution is 0.420. The zero-order chi connectivity index (χ0) is 11.4. The summed E-state index contributed by atoms with van der Waals surface area (Å²) in [5, 5.41) is 13.6. The van der Waals surface area contributed by atoms with Crippen LogP contribution in [0.3, 0.4) is 0 Å². The van der Waals surface area contributed by atoms with Crippen LogP contribution in [-0.2, 0) is 0 Å². The Balaban J connectivity index is 1.77. The summed E-state index contributed by atoms with van der Waals surface area (Å²) in [5.74, 6) is 1.27. The molecule has 2 atom stereocenters. The van der Waals surface area contributed by atoms with Gasteiger partial charge in [0.15, 0.2) is 0 Å². The molecule has 3 heteroatoms. The van der Waals surface area contributed by atoms with Gasteiger partial charge in [-0.2, -0.15) is 17.0 Å². The Hall–Kier alpha value is -0.200. The number of unbranched alkanes of at least 4 members (excludes halogenated alkanes) is 1. The highest BCUT2D eigenvalue weighted by Crippen LogP contribution is 2.39. The number of rotatable bonds is 6. The molecule has 1 N–H and O–H groups in total. The van der Waals surface area contributed by atoms with E-state index in [-0.39, 0.29) is 5.54 Å². The SMILES string of the molecule is CCCCSC1CCC(C#N)(NC2CC2)C1. The van der Waals surface area contributed by atoms with Gasteiger partial charge in [-0.3, -0.25) is 5.32 Å². The van der Waals surface area contributed by atoms with Gasteiger partial charge in [-0.1, -0.05) is 13.3 Å². The minimum atomic E-state index is -0.176. The average Bonchev–Trinajstić information content (AvgIpc) is 3.00. The molecule has 90 valence electrons. The Labute approximate surface area is 103 Å². The highest BCUT2D eigenvalue weighted by Gasteiger charge is 2.42. The van der Waals surface area contributed by atoms with Crippen LogP contribution in [0, 0.1) is 11.3 Å². The molecule has 0 bridgehead atoms. The maximum absolute atomic E-state index is 9.36. The maximum Gasteiger partial charge on any atom is 0.108 e. The molecule has 0 aromatic rings. The summed E-state index contributed by atoms with van der Waals surface area (Å²) in [6, 6.07) is 3.20. The van der Waals surface area contributed by atoms with E-state index in [4.69, 9.17) is 0 Å². The predicted molar refractivity (Wildman–Crippen MR) is 69.5 cm³/mol. The second-order valence-electron chi connectivity index (χ2n) is 5.20. The van der Waals surface area contributed by atoms with Crippen LogP contribution in [-0.4, -0.2) is 22.6 Å². The third kappa shape index (κ3) is 3.15. The van der Waals surface area contributed by atoms with Crippen LogP contribution in [0.15, 0.2) is 0 Å². The summed E-state index contributed by atoms with van der Waals surface area (Å²) in [6.45, 7) is 2.24. The Morgan fingerprint density at radius 3 is 2.88 bits per heavy atom. The first-order valence-electron chi connectivity index (χ1n) is 6.58. The van der Waals surface area contributed by atoms with Gasteiger partial charge < -0.3 is 0 Å². The number of nitrogens with one attached hydrogen (secondary N) is 1. The van der Waals surface area contributed by atoms with Gasteiger partial charge >= 0.3 is 0 Å². The van der Waals surface area contributed by atoms with E-state index in [9.17, 15) is 5.26 Å². The van der Waals surface area contributed by atoms with E-state index >= 15 is 0 Å². The molecule has 2 fully saturated rings. The van der Waals surface area contributed by atoms with E-state index in [2.05, 4.69) is 30.1 Å². The summed E-state index contributed by atoms with van der Waals surface area (Å²) in [5.41, 5.74) is -0.176. The maximum atomic E-state index is 9.36. The quantitative estimate of drug-likeness (QED) is 0.722. The highest BCUT2D eigenvalue weighted by atomic mass is 32.2. The molecule has 2 unspecified atom stereocenters. The number of thioether (sulfide) groups is 1. The Morgan fingerprint density at radius 2 is 2.25 bits per heavy atom. The van der Waals surface area contributed by atoms with E-state index in [0.717, 1.165) is 18.1 Å². The first kappa shape index (κ1) is 12.3. The third-order valence-electron chi connectivity index (χ3n) is 3.59. The van der Waals surface area contributed by atoms with Crippen LogP contribution in [0.25, 0.3) is 0 Å². The second kappa shape index (κ2) is 5.42. The van der Waals surface area contributed by atoms with Gasteiger partial charge in [0.25, 0.3) is 0 Å². The summed E-state index contributed by atoms with van der Waals surface area (Å²) >= 11 is 2.08. The zero-order valence-electron chi connectivity index (χ0n) is 10.2.